The third-order valence-corrected chi connectivity index (χ3v) is 2.16. The second-order valence-corrected chi connectivity index (χ2v) is 3.79. The summed E-state index contributed by atoms with van der Waals surface area (Å²) in [5, 5.41) is 22.0. The summed E-state index contributed by atoms with van der Waals surface area (Å²) in [5.74, 6) is 0. The highest BCUT2D eigenvalue weighted by Gasteiger charge is 2.16. The van der Waals surface area contributed by atoms with Crippen molar-refractivity contribution in [3.63, 3.8) is 0 Å². The molecular weight excluding hydrogens is 182 g/mol. The summed E-state index contributed by atoms with van der Waals surface area (Å²) in [4.78, 5) is 0. The van der Waals surface area contributed by atoms with Crippen molar-refractivity contribution in [1.82, 2.24) is 5.32 Å². The molecule has 0 saturated heterocycles. The summed E-state index contributed by atoms with van der Waals surface area (Å²) < 4.78 is 5.05. The molecule has 0 aromatic heterocycles. The van der Waals surface area contributed by atoms with Gasteiger partial charge in [0, 0.05) is 19.7 Å². The lowest BCUT2D eigenvalue weighted by molar-refractivity contribution is 0.0294. The molecule has 0 aromatic carbocycles. The molecule has 14 heavy (non-hydrogen) atoms. The van der Waals surface area contributed by atoms with Crippen LogP contribution in [0.4, 0.5) is 0 Å². The van der Waals surface area contributed by atoms with Crippen molar-refractivity contribution >= 4 is 0 Å². The van der Waals surface area contributed by atoms with Crippen molar-refractivity contribution in [2.75, 3.05) is 26.3 Å². The monoisotopic (exact) mass is 205 g/mol. The first-order chi connectivity index (χ1) is 6.52. The zero-order valence-corrected chi connectivity index (χ0v) is 9.42. The van der Waals surface area contributed by atoms with E-state index in [0.29, 0.717) is 32.7 Å². The Labute approximate surface area is 86.3 Å². The molecule has 2 unspecified atom stereocenters. The first kappa shape index (κ1) is 13.8. The van der Waals surface area contributed by atoms with Crippen molar-refractivity contribution in [2.45, 2.75) is 38.9 Å². The van der Waals surface area contributed by atoms with E-state index in [4.69, 9.17) is 4.74 Å². The highest BCUT2D eigenvalue weighted by Crippen LogP contribution is 2.05. The average molecular weight is 205 g/mol. The van der Waals surface area contributed by atoms with Crippen LogP contribution in [0.1, 0.15) is 27.2 Å². The number of rotatable bonds is 8. The topological polar surface area (TPSA) is 61.7 Å². The third kappa shape index (κ3) is 7.26. The number of ether oxygens (including phenoxy) is 1. The summed E-state index contributed by atoms with van der Waals surface area (Å²) >= 11 is 0. The van der Waals surface area contributed by atoms with Gasteiger partial charge >= 0.3 is 0 Å². The van der Waals surface area contributed by atoms with Gasteiger partial charge in [0.1, 0.15) is 0 Å². The number of nitrogens with one attached hydrogen (secondary N) is 1. The van der Waals surface area contributed by atoms with Crippen LogP contribution in [0, 0.1) is 0 Å². The molecule has 3 N–H and O–H groups in total. The van der Waals surface area contributed by atoms with Crippen LogP contribution in [0.15, 0.2) is 0 Å². The molecule has 2 atom stereocenters. The van der Waals surface area contributed by atoms with E-state index in [9.17, 15) is 10.2 Å². The van der Waals surface area contributed by atoms with Gasteiger partial charge < -0.3 is 20.3 Å². The van der Waals surface area contributed by atoms with Gasteiger partial charge in [-0.25, -0.2) is 0 Å². The smallest absolute Gasteiger partial charge is 0.0897 e. The van der Waals surface area contributed by atoms with Crippen LogP contribution in [0.3, 0.4) is 0 Å². The van der Waals surface area contributed by atoms with E-state index in [-0.39, 0.29) is 0 Å². The molecule has 0 aliphatic heterocycles. The van der Waals surface area contributed by atoms with Crippen molar-refractivity contribution < 1.29 is 14.9 Å². The molecule has 0 aliphatic rings. The van der Waals surface area contributed by atoms with Crippen LogP contribution in [0.2, 0.25) is 0 Å². The fraction of sp³-hybridized carbons (Fsp3) is 1.00. The molecule has 0 saturated carbocycles. The maximum absolute atomic E-state index is 9.64. The highest BCUT2D eigenvalue weighted by atomic mass is 16.5. The number of hydrogen-bond donors (Lipinski definition) is 3. The van der Waals surface area contributed by atoms with E-state index in [0.717, 1.165) is 0 Å². The summed E-state index contributed by atoms with van der Waals surface area (Å²) in [6.45, 7) is 7.50. The van der Waals surface area contributed by atoms with Crippen LogP contribution >= 0.6 is 0 Å². The van der Waals surface area contributed by atoms with E-state index in [1.54, 1.807) is 6.92 Å². The average Bonchev–Trinajstić information content (AvgIpc) is 2.14. The van der Waals surface area contributed by atoms with E-state index >= 15 is 0 Å². The lowest BCUT2D eigenvalue weighted by atomic mass is 10.0. The summed E-state index contributed by atoms with van der Waals surface area (Å²) in [5.41, 5.74) is -0.689. The molecule has 0 spiro atoms. The minimum atomic E-state index is -0.689. The zero-order valence-electron chi connectivity index (χ0n) is 9.42. The normalized spacial score (nSPS) is 17.8. The predicted molar refractivity (Wildman–Crippen MR) is 56.3 cm³/mol. The fourth-order valence-corrected chi connectivity index (χ4v) is 0.946. The van der Waals surface area contributed by atoms with Gasteiger partial charge in [-0.1, -0.05) is 6.92 Å². The Bertz CT molecular complexity index is 139. The van der Waals surface area contributed by atoms with Gasteiger partial charge in [0.05, 0.1) is 18.3 Å². The Balaban J connectivity index is 3.43. The van der Waals surface area contributed by atoms with E-state index in [2.05, 4.69) is 5.32 Å². The SMILES string of the molecule is CCOCC(O)CNCC(C)(O)CC. The van der Waals surface area contributed by atoms with Crippen molar-refractivity contribution in [1.29, 1.82) is 0 Å². The van der Waals surface area contributed by atoms with Crippen LogP contribution < -0.4 is 5.32 Å². The molecule has 4 nitrogen and oxygen atoms in total. The summed E-state index contributed by atoms with van der Waals surface area (Å²) in [7, 11) is 0. The minimum absolute atomic E-state index is 0.345. The minimum Gasteiger partial charge on any atom is -0.389 e. The van der Waals surface area contributed by atoms with E-state index < -0.39 is 11.7 Å². The molecule has 0 aliphatic carbocycles. The Morgan fingerprint density at radius 1 is 1.43 bits per heavy atom. The standard InChI is InChI=1S/C10H23NO3/c1-4-10(3,13)8-11-6-9(12)7-14-5-2/h9,11-13H,4-8H2,1-3H3. The van der Waals surface area contributed by atoms with Crippen LogP contribution in [0.25, 0.3) is 0 Å². The van der Waals surface area contributed by atoms with Gasteiger partial charge in [-0.15, -0.1) is 0 Å². The molecule has 0 aromatic rings. The molecule has 0 amide bonds. The lowest BCUT2D eigenvalue weighted by Gasteiger charge is -2.22. The highest BCUT2D eigenvalue weighted by molar-refractivity contribution is 4.74. The zero-order chi connectivity index (χ0) is 11.0. The molecule has 0 radical (unpaired) electrons. The Morgan fingerprint density at radius 3 is 2.57 bits per heavy atom. The van der Waals surface area contributed by atoms with Crippen molar-refractivity contribution in [2.24, 2.45) is 0 Å². The van der Waals surface area contributed by atoms with Gasteiger partial charge in [-0.05, 0) is 20.3 Å². The van der Waals surface area contributed by atoms with Crippen molar-refractivity contribution in [3.8, 4) is 0 Å². The lowest BCUT2D eigenvalue weighted by Crippen LogP contribution is -2.41. The molecule has 0 bridgehead atoms. The predicted octanol–water partition coefficient (Wildman–Crippen LogP) is 0.134. The largest absolute Gasteiger partial charge is 0.389 e. The first-order valence-electron chi connectivity index (χ1n) is 5.20. The number of hydrogen-bond acceptors (Lipinski definition) is 4. The first-order valence-corrected chi connectivity index (χ1v) is 5.20. The Kier molecular flexibility index (Phi) is 7.09. The summed E-state index contributed by atoms with van der Waals surface area (Å²) in [6.07, 6.45) is 0.198. The van der Waals surface area contributed by atoms with Crippen LogP contribution in [-0.4, -0.2) is 48.2 Å². The van der Waals surface area contributed by atoms with Gasteiger partial charge in [-0.3, -0.25) is 0 Å². The van der Waals surface area contributed by atoms with E-state index in [1.807, 2.05) is 13.8 Å². The van der Waals surface area contributed by atoms with Gasteiger partial charge in [0.25, 0.3) is 0 Å². The van der Waals surface area contributed by atoms with Gasteiger partial charge in [0.2, 0.25) is 0 Å². The Hall–Kier alpha value is -0.160. The maximum atomic E-state index is 9.64. The third-order valence-electron chi connectivity index (χ3n) is 2.16. The second kappa shape index (κ2) is 7.17. The van der Waals surface area contributed by atoms with Crippen molar-refractivity contribution in [3.05, 3.63) is 0 Å². The van der Waals surface area contributed by atoms with Crippen LogP contribution in [0.5, 0.6) is 0 Å². The molecule has 0 fully saturated rings. The molecule has 0 heterocycles. The quantitative estimate of drug-likeness (QED) is 0.527. The summed E-state index contributed by atoms with van der Waals surface area (Å²) in [6, 6.07) is 0. The van der Waals surface area contributed by atoms with Crippen LogP contribution in [-0.2, 0) is 4.74 Å². The van der Waals surface area contributed by atoms with E-state index in [1.165, 1.54) is 0 Å². The number of aliphatic hydroxyl groups excluding tert-OH is 1. The second-order valence-electron chi connectivity index (χ2n) is 3.79. The molecule has 0 rings (SSSR count). The molecule has 86 valence electrons. The number of aliphatic hydroxyl groups is 2. The van der Waals surface area contributed by atoms with Gasteiger partial charge in [0.15, 0.2) is 0 Å². The molecular formula is C10H23NO3. The van der Waals surface area contributed by atoms with Gasteiger partial charge in [-0.2, -0.15) is 0 Å². The maximum Gasteiger partial charge on any atom is 0.0897 e. The molecule has 4 heteroatoms. The Morgan fingerprint density at radius 2 is 2.07 bits per heavy atom. The fourth-order valence-electron chi connectivity index (χ4n) is 0.946.